The van der Waals surface area contributed by atoms with Crippen LogP contribution in [-0.4, -0.2) is 14.7 Å². The third-order valence-corrected chi connectivity index (χ3v) is 3.60. The van der Waals surface area contributed by atoms with Crippen molar-refractivity contribution in [3.8, 4) is 5.69 Å². The van der Waals surface area contributed by atoms with Gasteiger partial charge in [-0.3, -0.25) is 10.1 Å². The summed E-state index contributed by atoms with van der Waals surface area (Å²) in [6.07, 6.45) is 0.513. The highest BCUT2D eigenvalue weighted by Crippen LogP contribution is 2.32. The molecule has 0 aliphatic heterocycles. The lowest BCUT2D eigenvalue weighted by Gasteiger charge is -2.02. The van der Waals surface area contributed by atoms with Crippen molar-refractivity contribution in [2.75, 3.05) is 0 Å². The topological polar surface area (TPSA) is 61.0 Å². The van der Waals surface area contributed by atoms with Gasteiger partial charge in [0.15, 0.2) is 0 Å². The fourth-order valence-corrected chi connectivity index (χ4v) is 2.47. The molecule has 20 heavy (non-hydrogen) atoms. The number of benzene rings is 1. The summed E-state index contributed by atoms with van der Waals surface area (Å²) in [6, 6.07) is 7.26. The third kappa shape index (κ3) is 3.02. The molecule has 0 atom stereocenters. The molecule has 5 nitrogen and oxygen atoms in total. The van der Waals surface area contributed by atoms with E-state index in [1.165, 1.54) is 4.68 Å². The maximum absolute atomic E-state index is 11.2. The van der Waals surface area contributed by atoms with E-state index in [1.807, 2.05) is 26.0 Å². The van der Waals surface area contributed by atoms with E-state index in [0.29, 0.717) is 17.8 Å². The molecule has 0 aliphatic carbocycles. The number of aromatic nitrogens is 2. The number of hydrogen-bond acceptors (Lipinski definition) is 3. The molecule has 2 aromatic rings. The van der Waals surface area contributed by atoms with Crippen LogP contribution in [0.25, 0.3) is 5.69 Å². The number of rotatable bonds is 4. The largest absolute Gasteiger partial charge is 0.329 e. The van der Waals surface area contributed by atoms with Crippen LogP contribution < -0.4 is 0 Å². The summed E-state index contributed by atoms with van der Waals surface area (Å²) in [5.74, 6) is 0.262. The summed E-state index contributed by atoms with van der Waals surface area (Å²) < 4.78 is 2.32. The van der Waals surface area contributed by atoms with Gasteiger partial charge in [-0.1, -0.05) is 41.4 Å². The van der Waals surface area contributed by atoms with E-state index in [9.17, 15) is 10.1 Å². The SMILES string of the molecule is CC(C)Cc1nn(-c2ccc(Br)cc2)c(Cl)c1[N+](=O)[O-]. The average molecular weight is 359 g/mol. The van der Waals surface area contributed by atoms with E-state index < -0.39 is 4.92 Å². The first kappa shape index (κ1) is 15.0. The highest BCUT2D eigenvalue weighted by atomic mass is 79.9. The Hall–Kier alpha value is -1.40. The first-order valence-corrected chi connectivity index (χ1v) is 7.25. The van der Waals surface area contributed by atoms with E-state index in [2.05, 4.69) is 21.0 Å². The van der Waals surface area contributed by atoms with Crippen molar-refractivity contribution < 1.29 is 4.92 Å². The Labute approximate surface area is 129 Å². The van der Waals surface area contributed by atoms with Crippen LogP contribution in [0.15, 0.2) is 28.7 Å². The van der Waals surface area contributed by atoms with Gasteiger partial charge >= 0.3 is 5.69 Å². The Morgan fingerprint density at radius 2 is 2.00 bits per heavy atom. The van der Waals surface area contributed by atoms with Gasteiger partial charge in [-0.2, -0.15) is 5.10 Å². The minimum atomic E-state index is -0.470. The van der Waals surface area contributed by atoms with Gasteiger partial charge in [-0.15, -0.1) is 0 Å². The normalized spacial score (nSPS) is 11.1. The van der Waals surface area contributed by atoms with Gasteiger partial charge in [0.1, 0.15) is 5.69 Å². The van der Waals surface area contributed by atoms with Gasteiger partial charge in [0.05, 0.1) is 10.6 Å². The smallest absolute Gasteiger partial charge is 0.258 e. The van der Waals surface area contributed by atoms with E-state index in [4.69, 9.17) is 11.6 Å². The number of halogens is 2. The van der Waals surface area contributed by atoms with Gasteiger partial charge in [0, 0.05) is 10.9 Å². The Morgan fingerprint density at radius 1 is 1.40 bits per heavy atom. The maximum atomic E-state index is 11.2. The summed E-state index contributed by atoms with van der Waals surface area (Å²) in [5.41, 5.74) is 0.998. The van der Waals surface area contributed by atoms with E-state index in [-0.39, 0.29) is 16.8 Å². The van der Waals surface area contributed by atoms with E-state index >= 15 is 0 Å². The molecule has 0 N–H and O–H groups in total. The summed E-state index contributed by atoms with van der Waals surface area (Å²) in [7, 11) is 0. The van der Waals surface area contributed by atoms with Crippen LogP contribution >= 0.6 is 27.5 Å². The van der Waals surface area contributed by atoms with Gasteiger partial charge in [-0.05, 0) is 30.2 Å². The minimum absolute atomic E-state index is 0.0352. The van der Waals surface area contributed by atoms with Crippen molar-refractivity contribution in [1.82, 2.24) is 9.78 Å². The van der Waals surface area contributed by atoms with Crippen LogP contribution in [0, 0.1) is 16.0 Å². The highest BCUT2D eigenvalue weighted by molar-refractivity contribution is 9.10. The van der Waals surface area contributed by atoms with Crippen molar-refractivity contribution in [3.63, 3.8) is 0 Å². The van der Waals surface area contributed by atoms with Crippen LogP contribution in [0.2, 0.25) is 5.15 Å². The molecule has 0 bridgehead atoms. The molecule has 7 heteroatoms. The molecule has 0 spiro atoms. The van der Waals surface area contributed by atoms with Gasteiger partial charge in [-0.25, -0.2) is 4.68 Å². The summed E-state index contributed by atoms with van der Waals surface area (Å²) in [6.45, 7) is 3.96. The molecule has 0 aliphatic rings. The Kier molecular flexibility index (Phi) is 4.45. The Morgan fingerprint density at radius 3 is 2.50 bits per heavy atom. The molecule has 0 saturated carbocycles. The highest BCUT2D eigenvalue weighted by Gasteiger charge is 2.27. The fraction of sp³-hybridized carbons (Fsp3) is 0.308. The molecule has 1 heterocycles. The number of hydrogen-bond donors (Lipinski definition) is 0. The van der Waals surface area contributed by atoms with Crippen molar-refractivity contribution in [2.45, 2.75) is 20.3 Å². The maximum Gasteiger partial charge on any atom is 0.329 e. The first-order valence-electron chi connectivity index (χ1n) is 6.08. The quantitative estimate of drug-likeness (QED) is 0.601. The zero-order valence-corrected chi connectivity index (χ0v) is 13.3. The van der Waals surface area contributed by atoms with Crippen molar-refractivity contribution in [3.05, 3.63) is 49.7 Å². The Balaban J connectivity index is 2.54. The van der Waals surface area contributed by atoms with E-state index in [0.717, 1.165) is 4.47 Å². The molecule has 0 fully saturated rings. The molecule has 0 amide bonds. The fourth-order valence-electron chi connectivity index (χ4n) is 1.89. The number of nitrogens with zero attached hydrogens (tertiary/aromatic N) is 3. The molecule has 2 rings (SSSR count). The predicted molar refractivity (Wildman–Crippen MR) is 81.5 cm³/mol. The van der Waals surface area contributed by atoms with Gasteiger partial charge in [0.25, 0.3) is 0 Å². The van der Waals surface area contributed by atoms with Crippen LogP contribution in [0.1, 0.15) is 19.5 Å². The standard InChI is InChI=1S/C13H13BrClN3O2/c1-8(2)7-11-12(18(19)20)13(15)17(16-11)10-5-3-9(14)4-6-10/h3-6,8H,7H2,1-2H3. The second-order valence-corrected chi connectivity index (χ2v) is 6.10. The first-order chi connectivity index (χ1) is 9.40. The van der Waals surface area contributed by atoms with Gasteiger partial charge < -0.3 is 0 Å². The van der Waals surface area contributed by atoms with Crippen molar-refractivity contribution in [1.29, 1.82) is 0 Å². The molecule has 1 aromatic heterocycles. The third-order valence-electron chi connectivity index (χ3n) is 2.73. The Bertz CT molecular complexity index is 638. The van der Waals surface area contributed by atoms with Crippen LogP contribution in [0.3, 0.4) is 0 Å². The molecular weight excluding hydrogens is 346 g/mol. The molecule has 0 saturated heterocycles. The molecule has 0 unspecified atom stereocenters. The predicted octanol–water partition coefficient (Wildman–Crippen LogP) is 4.39. The van der Waals surface area contributed by atoms with E-state index in [1.54, 1.807) is 12.1 Å². The lowest BCUT2D eigenvalue weighted by Crippen LogP contribution is -2.00. The molecule has 1 aromatic carbocycles. The monoisotopic (exact) mass is 357 g/mol. The summed E-state index contributed by atoms with van der Waals surface area (Å²) in [5, 5.41) is 15.5. The van der Waals surface area contributed by atoms with Crippen LogP contribution in [0.4, 0.5) is 5.69 Å². The lowest BCUT2D eigenvalue weighted by molar-refractivity contribution is -0.385. The summed E-state index contributed by atoms with van der Waals surface area (Å²) in [4.78, 5) is 10.7. The molecular formula is C13H13BrClN3O2. The van der Waals surface area contributed by atoms with Crippen LogP contribution in [0.5, 0.6) is 0 Å². The molecule has 106 valence electrons. The van der Waals surface area contributed by atoms with Crippen LogP contribution in [-0.2, 0) is 6.42 Å². The second kappa shape index (κ2) is 5.93. The van der Waals surface area contributed by atoms with Gasteiger partial charge in [0.2, 0.25) is 5.15 Å². The van der Waals surface area contributed by atoms with Crippen molar-refractivity contribution in [2.24, 2.45) is 5.92 Å². The summed E-state index contributed by atoms with van der Waals surface area (Å²) >= 11 is 9.47. The molecule has 0 radical (unpaired) electrons. The number of nitro groups is 1. The lowest BCUT2D eigenvalue weighted by atomic mass is 10.1. The second-order valence-electron chi connectivity index (χ2n) is 4.83. The zero-order valence-electron chi connectivity index (χ0n) is 11.0. The van der Waals surface area contributed by atoms with Crippen molar-refractivity contribution >= 4 is 33.2 Å². The minimum Gasteiger partial charge on any atom is -0.258 e. The zero-order chi connectivity index (χ0) is 14.9. The average Bonchev–Trinajstić information content (AvgIpc) is 2.66.